The predicted molar refractivity (Wildman–Crippen MR) is 58.9 cm³/mol. The SMILES string of the molecule is Cn1cc(NCCC2COCCN2)cn1. The molecule has 1 aliphatic rings. The van der Waals surface area contributed by atoms with Crippen LogP contribution >= 0.6 is 0 Å². The molecule has 84 valence electrons. The summed E-state index contributed by atoms with van der Waals surface area (Å²) in [5.74, 6) is 0. The summed E-state index contributed by atoms with van der Waals surface area (Å²) in [5, 5.41) is 10.9. The quantitative estimate of drug-likeness (QED) is 0.746. The highest BCUT2D eigenvalue weighted by molar-refractivity contribution is 5.37. The number of nitrogens with one attached hydrogen (secondary N) is 2. The van der Waals surface area contributed by atoms with Crippen LogP contribution in [0.1, 0.15) is 6.42 Å². The first kappa shape index (κ1) is 10.4. The van der Waals surface area contributed by atoms with E-state index >= 15 is 0 Å². The Morgan fingerprint density at radius 3 is 3.33 bits per heavy atom. The minimum Gasteiger partial charge on any atom is -0.382 e. The third-order valence-corrected chi connectivity index (χ3v) is 2.53. The van der Waals surface area contributed by atoms with Crippen LogP contribution in [0.25, 0.3) is 0 Å². The topological polar surface area (TPSA) is 51.1 Å². The van der Waals surface area contributed by atoms with E-state index in [0.29, 0.717) is 6.04 Å². The van der Waals surface area contributed by atoms with E-state index in [1.807, 2.05) is 19.4 Å². The number of hydrogen-bond donors (Lipinski definition) is 2. The number of morpholine rings is 1. The lowest BCUT2D eigenvalue weighted by Gasteiger charge is -2.23. The van der Waals surface area contributed by atoms with E-state index in [4.69, 9.17) is 4.74 Å². The van der Waals surface area contributed by atoms with Gasteiger partial charge in [0, 0.05) is 32.4 Å². The largest absolute Gasteiger partial charge is 0.382 e. The van der Waals surface area contributed by atoms with Crippen LogP contribution in [0, 0.1) is 0 Å². The lowest BCUT2D eigenvalue weighted by atomic mass is 10.2. The fourth-order valence-electron chi connectivity index (χ4n) is 1.71. The van der Waals surface area contributed by atoms with Crippen LogP contribution in [-0.4, -0.2) is 42.1 Å². The van der Waals surface area contributed by atoms with Crippen molar-refractivity contribution in [1.82, 2.24) is 15.1 Å². The third kappa shape index (κ3) is 3.21. The summed E-state index contributed by atoms with van der Waals surface area (Å²) in [4.78, 5) is 0. The molecule has 0 bridgehead atoms. The standard InChI is InChI=1S/C10H18N4O/c1-14-7-10(6-13-14)11-3-2-9-8-15-5-4-12-9/h6-7,9,11-12H,2-5,8H2,1H3. The van der Waals surface area contributed by atoms with Gasteiger partial charge in [-0.25, -0.2) is 0 Å². The molecule has 0 aromatic carbocycles. The molecule has 0 radical (unpaired) electrons. The average molecular weight is 210 g/mol. The van der Waals surface area contributed by atoms with Gasteiger partial charge in [-0.1, -0.05) is 0 Å². The van der Waals surface area contributed by atoms with E-state index in [-0.39, 0.29) is 0 Å². The van der Waals surface area contributed by atoms with E-state index in [2.05, 4.69) is 15.7 Å². The number of anilines is 1. The lowest BCUT2D eigenvalue weighted by molar-refractivity contribution is 0.0753. The van der Waals surface area contributed by atoms with Crippen molar-refractivity contribution in [3.63, 3.8) is 0 Å². The minimum absolute atomic E-state index is 0.489. The van der Waals surface area contributed by atoms with Gasteiger partial charge in [-0.15, -0.1) is 0 Å². The van der Waals surface area contributed by atoms with Gasteiger partial charge < -0.3 is 15.4 Å². The van der Waals surface area contributed by atoms with Crippen molar-refractivity contribution >= 4 is 5.69 Å². The van der Waals surface area contributed by atoms with Gasteiger partial charge in [-0.2, -0.15) is 5.10 Å². The number of aryl methyl sites for hydroxylation is 1. The van der Waals surface area contributed by atoms with Crippen LogP contribution < -0.4 is 10.6 Å². The maximum atomic E-state index is 5.38. The Kier molecular flexibility index (Phi) is 3.58. The normalized spacial score (nSPS) is 21.5. The Hall–Kier alpha value is -1.07. The van der Waals surface area contributed by atoms with Gasteiger partial charge in [0.05, 0.1) is 25.1 Å². The Bertz CT molecular complexity index is 293. The zero-order valence-electron chi connectivity index (χ0n) is 9.07. The molecule has 0 amide bonds. The second-order valence-corrected chi connectivity index (χ2v) is 3.84. The number of rotatable bonds is 4. The Morgan fingerprint density at radius 1 is 1.73 bits per heavy atom. The number of ether oxygens (including phenoxy) is 1. The van der Waals surface area contributed by atoms with E-state index in [0.717, 1.165) is 38.4 Å². The van der Waals surface area contributed by atoms with Crippen LogP contribution in [-0.2, 0) is 11.8 Å². The van der Waals surface area contributed by atoms with Crippen LogP contribution in [0.3, 0.4) is 0 Å². The van der Waals surface area contributed by atoms with Crippen molar-refractivity contribution in [3.05, 3.63) is 12.4 Å². The van der Waals surface area contributed by atoms with E-state index in [1.54, 1.807) is 4.68 Å². The van der Waals surface area contributed by atoms with Gasteiger partial charge in [0.1, 0.15) is 0 Å². The van der Waals surface area contributed by atoms with E-state index in [9.17, 15) is 0 Å². The molecule has 15 heavy (non-hydrogen) atoms. The Balaban J connectivity index is 1.65. The fraction of sp³-hybridized carbons (Fsp3) is 0.700. The van der Waals surface area contributed by atoms with Crippen LogP contribution in [0.5, 0.6) is 0 Å². The molecule has 1 aromatic rings. The molecule has 1 saturated heterocycles. The highest BCUT2D eigenvalue weighted by Crippen LogP contribution is 2.04. The first-order chi connectivity index (χ1) is 7.34. The number of hydrogen-bond acceptors (Lipinski definition) is 4. The molecule has 2 heterocycles. The van der Waals surface area contributed by atoms with Gasteiger partial charge in [0.15, 0.2) is 0 Å². The average Bonchev–Trinajstić information content (AvgIpc) is 2.66. The van der Waals surface area contributed by atoms with Crippen molar-refractivity contribution in [2.24, 2.45) is 7.05 Å². The van der Waals surface area contributed by atoms with E-state index in [1.165, 1.54) is 0 Å². The van der Waals surface area contributed by atoms with Crippen molar-refractivity contribution in [2.75, 3.05) is 31.6 Å². The summed E-state index contributed by atoms with van der Waals surface area (Å²) < 4.78 is 7.18. The highest BCUT2D eigenvalue weighted by atomic mass is 16.5. The van der Waals surface area contributed by atoms with Gasteiger partial charge in [0.25, 0.3) is 0 Å². The molecule has 1 unspecified atom stereocenters. The Labute approximate surface area is 89.8 Å². The smallest absolute Gasteiger partial charge is 0.0726 e. The molecular formula is C10H18N4O. The van der Waals surface area contributed by atoms with Gasteiger partial charge in [-0.3, -0.25) is 4.68 Å². The minimum atomic E-state index is 0.489. The molecule has 2 rings (SSSR count). The molecule has 1 fully saturated rings. The van der Waals surface area contributed by atoms with Crippen molar-refractivity contribution in [2.45, 2.75) is 12.5 Å². The van der Waals surface area contributed by atoms with Gasteiger partial charge in [-0.05, 0) is 6.42 Å². The monoisotopic (exact) mass is 210 g/mol. The second-order valence-electron chi connectivity index (χ2n) is 3.84. The molecule has 1 aromatic heterocycles. The van der Waals surface area contributed by atoms with Gasteiger partial charge >= 0.3 is 0 Å². The molecule has 2 N–H and O–H groups in total. The predicted octanol–water partition coefficient (Wildman–Crippen LogP) is 0.210. The highest BCUT2D eigenvalue weighted by Gasteiger charge is 2.11. The van der Waals surface area contributed by atoms with Crippen LogP contribution in [0.4, 0.5) is 5.69 Å². The summed E-state index contributed by atoms with van der Waals surface area (Å²) in [5.41, 5.74) is 1.08. The molecule has 5 nitrogen and oxygen atoms in total. The number of nitrogens with zero attached hydrogens (tertiary/aromatic N) is 2. The molecule has 0 aliphatic carbocycles. The Morgan fingerprint density at radius 2 is 2.67 bits per heavy atom. The molecule has 0 saturated carbocycles. The second kappa shape index (κ2) is 5.14. The van der Waals surface area contributed by atoms with Crippen molar-refractivity contribution < 1.29 is 4.74 Å². The third-order valence-electron chi connectivity index (χ3n) is 2.53. The van der Waals surface area contributed by atoms with Gasteiger partial charge in [0.2, 0.25) is 0 Å². The maximum absolute atomic E-state index is 5.38. The zero-order valence-corrected chi connectivity index (χ0v) is 9.07. The lowest BCUT2D eigenvalue weighted by Crippen LogP contribution is -2.42. The van der Waals surface area contributed by atoms with Crippen molar-refractivity contribution in [3.8, 4) is 0 Å². The molecule has 0 spiro atoms. The summed E-state index contributed by atoms with van der Waals surface area (Å²) in [6.07, 6.45) is 4.89. The molecule has 5 heteroatoms. The fourth-order valence-corrected chi connectivity index (χ4v) is 1.71. The van der Waals surface area contributed by atoms with Crippen LogP contribution in [0.15, 0.2) is 12.4 Å². The zero-order chi connectivity index (χ0) is 10.5. The molecule has 1 atom stereocenters. The number of aromatic nitrogens is 2. The van der Waals surface area contributed by atoms with E-state index < -0.39 is 0 Å². The molecule has 1 aliphatic heterocycles. The summed E-state index contributed by atoms with van der Waals surface area (Å²) in [7, 11) is 1.92. The summed E-state index contributed by atoms with van der Waals surface area (Å²) in [6, 6.07) is 0.489. The molecular weight excluding hydrogens is 192 g/mol. The van der Waals surface area contributed by atoms with Crippen LogP contribution in [0.2, 0.25) is 0 Å². The maximum Gasteiger partial charge on any atom is 0.0726 e. The first-order valence-electron chi connectivity index (χ1n) is 5.38. The summed E-state index contributed by atoms with van der Waals surface area (Å²) >= 11 is 0. The summed E-state index contributed by atoms with van der Waals surface area (Å²) in [6.45, 7) is 3.59. The van der Waals surface area contributed by atoms with Crippen molar-refractivity contribution in [1.29, 1.82) is 0 Å². The first-order valence-corrected chi connectivity index (χ1v) is 5.38.